The molecule has 1 aliphatic heterocycles. The average Bonchev–Trinajstić information content (AvgIpc) is 2.71. The lowest BCUT2D eigenvalue weighted by atomic mass is 10.1. The van der Waals surface area contributed by atoms with Crippen LogP contribution in [-0.4, -0.2) is 46.9 Å². The van der Waals surface area contributed by atoms with E-state index in [-0.39, 0.29) is 22.4 Å². The Morgan fingerprint density at radius 1 is 1.20 bits per heavy atom. The number of piperazine rings is 1. The van der Waals surface area contributed by atoms with Crippen LogP contribution in [0.1, 0.15) is 11.1 Å². The summed E-state index contributed by atoms with van der Waals surface area (Å²) in [5, 5.41) is 10.9. The molecule has 0 bridgehead atoms. The fourth-order valence-corrected chi connectivity index (χ4v) is 3.30. The van der Waals surface area contributed by atoms with Crippen LogP contribution < -0.4 is 4.90 Å². The van der Waals surface area contributed by atoms with E-state index in [9.17, 15) is 28.1 Å². The molecule has 0 saturated carbocycles. The summed E-state index contributed by atoms with van der Waals surface area (Å²) >= 11 is 5.97. The molecule has 0 atom stereocenters. The first-order valence-electron chi connectivity index (χ1n) is 8.85. The molecule has 1 amide bonds. The van der Waals surface area contributed by atoms with Gasteiger partial charge in [0.2, 0.25) is 5.91 Å². The van der Waals surface area contributed by atoms with Gasteiger partial charge in [-0.3, -0.25) is 14.9 Å². The van der Waals surface area contributed by atoms with Crippen molar-refractivity contribution in [3.05, 3.63) is 68.9 Å². The van der Waals surface area contributed by atoms with E-state index in [1.165, 1.54) is 30.4 Å². The number of aromatic nitrogens is 1. The molecule has 11 heteroatoms. The van der Waals surface area contributed by atoms with E-state index in [1.54, 1.807) is 15.9 Å². The van der Waals surface area contributed by atoms with Gasteiger partial charge in [0.15, 0.2) is 0 Å². The first-order chi connectivity index (χ1) is 14.2. The molecule has 0 spiro atoms. The Morgan fingerprint density at radius 2 is 1.87 bits per heavy atom. The minimum Gasteiger partial charge on any atom is -0.352 e. The number of hydrogen-bond acceptors (Lipinski definition) is 5. The second-order valence-corrected chi connectivity index (χ2v) is 6.90. The Kier molecular flexibility index (Phi) is 6.25. The summed E-state index contributed by atoms with van der Waals surface area (Å²) in [5.74, 6) is -0.0912. The molecule has 2 heterocycles. The second kappa shape index (κ2) is 8.70. The highest BCUT2D eigenvalue weighted by Crippen LogP contribution is 2.33. The number of alkyl halides is 3. The third kappa shape index (κ3) is 4.88. The molecule has 0 unspecified atom stereocenters. The number of nitro groups is 1. The molecular weight excluding hydrogens is 425 g/mol. The Morgan fingerprint density at radius 3 is 2.47 bits per heavy atom. The van der Waals surface area contributed by atoms with Gasteiger partial charge in [-0.05, 0) is 18.2 Å². The number of carbonyl (C=O) groups excluding carboxylic acids is 1. The normalized spacial score (nSPS) is 14.9. The number of halogens is 4. The number of para-hydroxylation sites is 1. The van der Waals surface area contributed by atoms with Crippen molar-refractivity contribution in [1.29, 1.82) is 0 Å². The molecule has 3 rings (SSSR count). The molecule has 1 aromatic heterocycles. The van der Waals surface area contributed by atoms with Crippen molar-refractivity contribution in [2.24, 2.45) is 0 Å². The predicted molar refractivity (Wildman–Crippen MR) is 105 cm³/mol. The van der Waals surface area contributed by atoms with Crippen LogP contribution in [-0.2, 0) is 11.0 Å². The summed E-state index contributed by atoms with van der Waals surface area (Å²) in [7, 11) is 0. The van der Waals surface area contributed by atoms with Gasteiger partial charge in [0.1, 0.15) is 5.82 Å². The molecule has 0 aliphatic carbocycles. The number of hydrogen-bond donors (Lipinski definition) is 0. The number of nitro benzene ring substituents is 1. The Bertz CT molecular complexity index is 989. The van der Waals surface area contributed by atoms with E-state index in [1.807, 2.05) is 0 Å². The summed E-state index contributed by atoms with van der Waals surface area (Å²) in [6.45, 7) is 1.28. The molecule has 1 aromatic carbocycles. The van der Waals surface area contributed by atoms with Gasteiger partial charge in [-0.1, -0.05) is 23.7 Å². The van der Waals surface area contributed by atoms with Crippen molar-refractivity contribution in [1.82, 2.24) is 9.88 Å². The minimum absolute atomic E-state index is 0.102. The van der Waals surface area contributed by atoms with Gasteiger partial charge >= 0.3 is 6.18 Å². The Hall–Kier alpha value is -3.14. The lowest BCUT2D eigenvalue weighted by Crippen LogP contribution is -2.48. The maximum atomic E-state index is 12.7. The summed E-state index contributed by atoms with van der Waals surface area (Å²) in [5.41, 5.74) is -0.713. The van der Waals surface area contributed by atoms with Crippen LogP contribution in [0.4, 0.5) is 24.7 Å². The SMILES string of the molecule is O=C(C=Cc1ccccc1[N+](=O)[O-])N1CCN(c2ncc(C(F)(F)F)cc2Cl)CC1. The predicted octanol–water partition coefficient (Wildman–Crippen LogP) is 4.02. The van der Waals surface area contributed by atoms with Crippen LogP contribution in [0, 0.1) is 10.1 Å². The molecule has 7 nitrogen and oxygen atoms in total. The van der Waals surface area contributed by atoms with E-state index >= 15 is 0 Å². The zero-order valence-corrected chi connectivity index (χ0v) is 16.2. The minimum atomic E-state index is -4.53. The van der Waals surface area contributed by atoms with Crippen molar-refractivity contribution in [3.8, 4) is 0 Å². The van der Waals surface area contributed by atoms with Crippen molar-refractivity contribution in [2.75, 3.05) is 31.1 Å². The number of pyridine rings is 1. The molecule has 1 aliphatic rings. The number of anilines is 1. The van der Waals surface area contributed by atoms with Crippen molar-refractivity contribution in [3.63, 3.8) is 0 Å². The highest BCUT2D eigenvalue weighted by atomic mass is 35.5. The van der Waals surface area contributed by atoms with Gasteiger partial charge in [-0.2, -0.15) is 13.2 Å². The molecule has 0 N–H and O–H groups in total. The fourth-order valence-electron chi connectivity index (χ4n) is 3.02. The largest absolute Gasteiger partial charge is 0.417 e. The molecule has 158 valence electrons. The van der Waals surface area contributed by atoms with Crippen molar-refractivity contribution >= 4 is 35.1 Å². The van der Waals surface area contributed by atoms with Gasteiger partial charge in [0.25, 0.3) is 5.69 Å². The number of carbonyl (C=O) groups is 1. The third-order valence-corrected chi connectivity index (χ3v) is 4.86. The van der Waals surface area contributed by atoms with E-state index < -0.39 is 16.7 Å². The van der Waals surface area contributed by atoms with Crippen LogP contribution in [0.25, 0.3) is 6.08 Å². The molecule has 2 aromatic rings. The Balaban J connectivity index is 1.63. The van der Waals surface area contributed by atoms with E-state index in [4.69, 9.17) is 11.6 Å². The lowest BCUT2D eigenvalue weighted by molar-refractivity contribution is -0.385. The van der Waals surface area contributed by atoms with E-state index in [2.05, 4.69) is 4.98 Å². The first kappa shape index (κ1) is 21.6. The molecule has 0 radical (unpaired) electrons. The van der Waals surface area contributed by atoms with Crippen LogP contribution in [0.5, 0.6) is 0 Å². The highest BCUT2D eigenvalue weighted by Gasteiger charge is 2.32. The standard InChI is InChI=1S/C19H16ClF3N4O3/c20-15-11-14(19(21,22)23)12-24-18(15)26-9-7-25(8-10-26)17(28)6-5-13-3-1-2-4-16(13)27(29)30/h1-6,11-12H,7-10H2. The zero-order chi connectivity index (χ0) is 21.9. The summed E-state index contributed by atoms with van der Waals surface area (Å²) in [6.07, 6.45) is -1.14. The Labute approximate surface area is 174 Å². The quantitative estimate of drug-likeness (QED) is 0.407. The van der Waals surface area contributed by atoms with Gasteiger partial charge in [0, 0.05) is 44.5 Å². The monoisotopic (exact) mass is 440 g/mol. The summed E-state index contributed by atoms with van der Waals surface area (Å²) in [4.78, 5) is 30.0. The maximum absolute atomic E-state index is 12.7. The first-order valence-corrected chi connectivity index (χ1v) is 9.22. The maximum Gasteiger partial charge on any atom is 0.417 e. The molecule has 1 saturated heterocycles. The lowest BCUT2D eigenvalue weighted by Gasteiger charge is -2.35. The van der Waals surface area contributed by atoms with Crippen molar-refractivity contribution < 1.29 is 22.9 Å². The van der Waals surface area contributed by atoms with Crippen LogP contribution in [0.15, 0.2) is 42.6 Å². The van der Waals surface area contributed by atoms with Gasteiger partial charge in [0.05, 0.1) is 21.1 Å². The molecular formula is C19H16ClF3N4O3. The molecule has 30 heavy (non-hydrogen) atoms. The zero-order valence-electron chi connectivity index (χ0n) is 15.5. The van der Waals surface area contributed by atoms with E-state index in [0.29, 0.717) is 31.7 Å². The van der Waals surface area contributed by atoms with Gasteiger partial charge in [-0.15, -0.1) is 0 Å². The number of nitrogens with zero attached hydrogens (tertiary/aromatic N) is 4. The number of amides is 1. The fraction of sp³-hybridized carbons (Fsp3) is 0.263. The average molecular weight is 441 g/mol. The summed E-state index contributed by atoms with van der Waals surface area (Å²) in [6, 6.07) is 6.90. The third-order valence-electron chi connectivity index (χ3n) is 4.58. The van der Waals surface area contributed by atoms with Crippen LogP contribution >= 0.6 is 11.6 Å². The number of rotatable bonds is 4. The number of benzene rings is 1. The van der Waals surface area contributed by atoms with Crippen LogP contribution in [0.3, 0.4) is 0 Å². The smallest absolute Gasteiger partial charge is 0.352 e. The summed E-state index contributed by atoms with van der Waals surface area (Å²) < 4.78 is 38.2. The molecule has 1 fully saturated rings. The van der Waals surface area contributed by atoms with E-state index in [0.717, 1.165) is 12.3 Å². The topological polar surface area (TPSA) is 79.6 Å². The van der Waals surface area contributed by atoms with Crippen molar-refractivity contribution in [2.45, 2.75) is 6.18 Å². The van der Waals surface area contributed by atoms with Gasteiger partial charge in [-0.25, -0.2) is 4.98 Å². The second-order valence-electron chi connectivity index (χ2n) is 6.49. The van der Waals surface area contributed by atoms with Crippen LogP contribution in [0.2, 0.25) is 5.02 Å². The van der Waals surface area contributed by atoms with Gasteiger partial charge < -0.3 is 9.80 Å². The highest BCUT2D eigenvalue weighted by molar-refractivity contribution is 6.33.